The molecule has 2 aliphatic heterocycles. The molecule has 158 valence electrons. The number of carbonyl (C=O) groups is 1. The minimum atomic E-state index is -0.104. The number of hydrogen-bond donors (Lipinski definition) is 0. The number of nitrogens with zero attached hydrogens (tertiary/aromatic N) is 7. The molecule has 2 saturated heterocycles. The van der Waals surface area contributed by atoms with Crippen molar-refractivity contribution in [2.75, 3.05) is 44.7 Å². The van der Waals surface area contributed by atoms with Crippen LogP contribution in [-0.4, -0.2) is 81.3 Å². The summed E-state index contributed by atoms with van der Waals surface area (Å²) in [5.41, 5.74) is 0.683. The summed E-state index contributed by atoms with van der Waals surface area (Å²) in [4.78, 5) is 18.9. The van der Waals surface area contributed by atoms with Crippen molar-refractivity contribution in [3.8, 4) is 0 Å². The highest BCUT2D eigenvalue weighted by atomic mass is 16.2. The van der Waals surface area contributed by atoms with E-state index >= 15 is 0 Å². The fraction of sp³-hybridized carbons (Fsp3) is 0.714. The van der Waals surface area contributed by atoms with E-state index in [0.717, 1.165) is 62.9 Å². The third kappa shape index (κ3) is 4.22. The van der Waals surface area contributed by atoms with Gasteiger partial charge in [-0.3, -0.25) is 9.69 Å². The first kappa shape index (κ1) is 20.1. The molecule has 0 aromatic carbocycles. The fourth-order valence-electron chi connectivity index (χ4n) is 4.07. The predicted octanol–water partition coefficient (Wildman–Crippen LogP) is 1.94. The first-order chi connectivity index (χ1) is 13.8. The van der Waals surface area contributed by atoms with Crippen LogP contribution in [0.2, 0.25) is 0 Å². The van der Waals surface area contributed by atoms with Gasteiger partial charge < -0.3 is 9.80 Å². The Bertz CT molecular complexity index is 866. The summed E-state index contributed by atoms with van der Waals surface area (Å²) in [5, 5.41) is 13.4. The molecule has 0 aliphatic carbocycles. The SMILES string of the molecule is CN(CCN1CCCCCC1=O)C1CN(c2ccc3nnc(C(C)(C)C)n3n2)C1. The van der Waals surface area contributed by atoms with Gasteiger partial charge in [-0.2, -0.15) is 4.52 Å². The normalized spacial score (nSPS) is 19.1. The van der Waals surface area contributed by atoms with Crippen molar-refractivity contribution in [3.05, 3.63) is 18.0 Å². The molecule has 2 fully saturated rings. The lowest BCUT2D eigenvalue weighted by atomic mass is 9.96. The van der Waals surface area contributed by atoms with Crippen LogP contribution in [0.5, 0.6) is 0 Å². The largest absolute Gasteiger partial charge is 0.352 e. The summed E-state index contributed by atoms with van der Waals surface area (Å²) >= 11 is 0. The van der Waals surface area contributed by atoms with Crippen molar-refractivity contribution in [2.24, 2.45) is 0 Å². The minimum Gasteiger partial charge on any atom is -0.352 e. The Morgan fingerprint density at radius 1 is 1.14 bits per heavy atom. The van der Waals surface area contributed by atoms with Gasteiger partial charge >= 0.3 is 0 Å². The average molecular weight is 400 g/mol. The molecule has 29 heavy (non-hydrogen) atoms. The lowest BCUT2D eigenvalue weighted by Gasteiger charge is -2.45. The maximum Gasteiger partial charge on any atom is 0.222 e. The standard InChI is InChI=1S/C21H33N7O/c1-21(2,3)20-23-22-17-9-10-18(24-28(17)20)27-14-16(15-27)25(4)12-13-26-11-7-5-6-8-19(26)29/h9-10,16H,5-8,11-15H2,1-4H3. The number of carbonyl (C=O) groups excluding carboxylic acids is 1. The van der Waals surface area contributed by atoms with Gasteiger partial charge in [-0.15, -0.1) is 15.3 Å². The second kappa shape index (κ2) is 7.89. The van der Waals surface area contributed by atoms with Crippen LogP contribution < -0.4 is 4.90 Å². The second-order valence-electron chi connectivity index (χ2n) is 9.47. The highest BCUT2D eigenvalue weighted by molar-refractivity contribution is 5.76. The van der Waals surface area contributed by atoms with Gasteiger partial charge in [-0.25, -0.2) is 0 Å². The van der Waals surface area contributed by atoms with Crippen LogP contribution in [-0.2, 0) is 10.2 Å². The van der Waals surface area contributed by atoms with Crippen molar-refractivity contribution < 1.29 is 4.79 Å². The molecule has 2 aliphatic rings. The summed E-state index contributed by atoms with van der Waals surface area (Å²) in [6.07, 6.45) is 4.08. The Labute approximate surface area is 172 Å². The molecule has 8 heteroatoms. The highest BCUT2D eigenvalue weighted by Gasteiger charge is 2.32. The monoisotopic (exact) mass is 399 g/mol. The van der Waals surface area contributed by atoms with E-state index in [1.54, 1.807) is 0 Å². The zero-order chi connectivity index (χ0) is 20.6. The molecule has 0 radical (unpaired) electrons. The molecule has 0 bridgehead atoms. The zero-order valence-electron chi connectivity index (χ0n) is 18.1. The van der Waals surface area contributed by atoms with Crippen molar-refractivity contribution in [3.63, 3.8) is 0 Å². The maximum atomic E-state index is 12.2. The number of amides is 1. The number of hydrogen-bond acceptors (Lipinski definition) is 6. The van der Waals surface area contributed by atoms with E-state index in [1.165, 1.54) is 6.42 Å². The van der Waals surface area contributed by atoms with Gasteiger partial charge in [0.15, 0.2) is 11.5 Å². The van der Waals surface area contributed by atoms with Gasteiger partial charge in [0.25, 0.3) is 0 Å². The number of fused-ring (bicyclic) bond motifs is 1. The molecule has 0 unspecified atom stereocenters. The topological polar surface area (TPSA) is 69.9 Å². The van der Waals surface area contributed by atoms with Crippen LogP contribution in [0.1, 0.15) is 52.3 Å². The number of aromatic nitrogens is 4. The first-order valence-electron chi connectivity index (χ1n) is 10.8. The van der Waals surface area contributed by atoms with Crippen molar-refractivity contribution in [2.45, 2.75) is 57.9 Å². The molecule has 0 atom stereocenters. The smallest absolute Gasteiger partial charge is 0.222 e. The van der Waals surface area contributed by atoms with E-state index in [4.69, 9.17) is 5.10 Å². The van der Waals surface area contributed by atoms with Crippen LogP contribution in [0.25, 0.3) is 5.65 Å². The molecular formula is C21H33N7O. The molecule has 1 amide bonds. The molecule has 4 rings (SSSR count). The molecule has 2 aromatic rings. The Kier molecular flexibility index (Phi) is 5.46. The molecule has 0 spiro atoms. The van der Waals surface area contributed by atoms with Crippen LogP contribution in [0, 0.1) is 0 Å². The van der Waals surface area contributed by atoms with E-state index in [9.17, 15) is 4.79 Å². The number of rotatable bonds is 5. The molecule has 0 saturated carbocycles. The van der Waals surface area contributed by atoms with Crippen molar-refractivity contribution in [1.82, 2.24) is 29.6 Å². The first-order valence-corrected chi connectivity index (χ1v) is 10.8. The lowest BCUT2D eigenvalue weighted by Crippen LogP contribution is -2.59. The Morgan fingerprint density at radius 2 is 1.93 bits per heavy atom. The van der Waals surface area contributed by atoms with E-state index < -0.39 is 0 Å². The summed E-state index contributed by atoms with van der Waals surface area (Å²) < 4.78 is 1.87. The van der Waals surface area contributed by atoms with Gasteiger partial charge in [-0.05, 0) is 32.0 Å². The van der Waals surface area contributed by atoms with Crippen LogP contribution in [0.3, 0.4) is 0 Å². The van der Waals surface area contributed by atoms with Crippen LogP contribution in [0.15, 0.2) is 12.1 Å². The third-order valence-electron chi connectivity index (χ3n) is 6.12. The Balaban J connectivity index is 1.34. The second-order valence-corrected chi connectivity index (χ2v) is 9.47. The van der Waals surface area contributed by atoms with Gasteiger partial charge in [0, 0.05) is 50.6 Å². The van der Waals surface area contributed by atoms with Crippen LogP contribution in [0.4, 0.5) is 5.82 Å². The van der Waals surface area contributed by atoms with Crippen molar-refractivity contribution >= 4 is 17.4 Å². The number of anilines is 1. The summed E-state index contributed by atoms with van der Waals surface area (Å²) in [6.45, 7) is 11.0. The summed E-state index contributed by atoms with van der Waals surface area (Å²) in [7, 11) is 2.17. The Morgan fingerprint density at radius 3 is 2.69 bits per heavy atom. The molecular weight excluding hydrogens is 366 g/mol. The van der Waals surface area contributed by atoms with E-state index in [2.05, 4.69) is 52.7 Å². The number of likely N-dealkylation sites (tertiary alicyclic amines) is 1. The van der Waals surface area contributed by atoms with E-state index in [1.807, 2.05) is 16.6 Å². The van der Waals surface area contributed by atoms with Gasteiger partial charge in [0.2, 0.25) is 5.91 Å². The van der Waals surface area contributed by atoms with Crippen LogP contribution >= 0.6 is 0 Å². The lowest BCUT2D eigenvalue weighted by molar-refractivity contribution is -0.130. The fourth-order valence-corrected chi connectivity index (χ4v) is 4.07. The maximum absolute atomic E-state index is 12.2. The molecule has 0 N–H and O–H groups in total. The highest BCUT2D eigenvalue weighted by Crippen LogP contribution is 2.24. The van der Waals surface area contributed by atoms with E-state index in [-0.39, 0.29) is 5.41 Å². The summed E-state index contributed by atoms with van der Waals surface area (Å²) in [6, 6.07) is 4.52. The predicted molar refractivity (Wildman–Crippen MR) is 113 cm³/mol. The minimum absolute atomic E-state index is 0.104. The van der Waals surface area contributed by atoms with Crippen molar-refractivity contribution in [1.29, 1.82) is 0 Å². The molecule has 2 aromatic heterocycles. The number of likely N-dealkylation sites (N-methyl/N-ethyl adjacent to an activating group) is 1. The van der Waals surface area contributed by atoms with Gasteiger partial charge in [0.05, 0.1) is 0 Å². The van der Waals surface area contributed by atoms with Gasteiger partial charge in [-0.1, -0.05) is 27.2 Å². The molecule has 4 heterocycles. The molecule has 8 nitrogen and oxygen atoms in total. The zero-order valence-corrected chi connectivity index (χ0v) is 18.1. The average Bonchev–Trinajstić information content (AvgIpc) is 2.95. The third-order valence-corrected chi connectivity index (χ3v) is 6.12. The quantitative estimate of drug-likeness (QED) is 0.765. The summed E-state index contributed by atoms with van der Waals surface area (Å²) in [5.74, 6) is 2.17. The Hall–Kier alpha value is -2.22. The van der Waals surface area contributed by atoms with Gasteiger partial charge in [0.1, 0.15) is 5.82 Å². The van der Waals surface area contributed by atoms with E-state index in [0.29, 0.717) is 18.4 Å².